The molecule has 0 atom stereocenters. The summed E-state index contributed by atoms with van der Waals surface area (Å²) in [6.07, 6.45) is 8.92. The quantitative estimate of drug-likeness (QED) is 0.585. The summed E-state index contributed by atoms with van der Waals surface area (Å²) in [6, 6.07) is 9.50. The van der Waals surface area contributed by atoms with E-state index in [1.165, 1.54) is 30.4 Å². The molecular formula is C15H11NO2. The molecule has 3 nitrogen and oxygen atoms in total. The molecule has 0 saturated heterocycles. The van der Waals surface area contributed by atoms with E-state index in [1.807, 2.05) is 30.3 Å². The predicted molar refractivity (Wildman–Crippen MR) is 71.2 cm³/mol. The molecule has 88 valence electrons. The highest BCUT2D eigenvalue weighted by molar-refractivity contribution is 6.19. The molecule has 0 bridgehead atoms. The zero-order valence-electron chi connectivity index (χ0n) is 9.61. The number of carbonyl (C=O) groups excluding carboxylic acids is 2. The molecule has 3 heteroatoms. The van der Waals surface area contributed by atoms with Crippen LogP contribution >= 0.6 is 0 Å². The molecule has 0 aliphatic heterocycles. The third-order valence-electron chi connectivity index (χ3n) is 2.29. The summed E-state index contributed by atoms with van der Waals surface area (Å²) in [5.74, 6) is -0.446. The summed E-state index contributed by atoms with van der Waals surface area (Å²) in [4.78, 5) is 26.3. The van der Waals surface area contributed by atoms with Crippen molar-refractivity contribution in [2.45, 2.75) is 0 Å². The Balaban J connectivity index is 2.04. The van der Waals surface area contributed by atoms with Crippen LogP contribution in [0.3, 0.4) is 0 Å². The van der Waals surface area contributed by atoms with Crippen molar-refractivity contribution in [3.05, 3.63) is 66.3 Å². The summed E-state index contributed by atoms with van der Waals surface area (Å²) in [5.41, 5.74) is 1.42. The van der Waals surface area contributed by atoms with Crippen LogP contribution in [0.4, 0.5) is 0 Å². The summed E-state index contributed by atoms with van der Waals surface area (Å²) < 4.78 is 0. The second-order valence-corrected chi connectivity index (χ2v) is 3.69. The number of amides is 1. The first kappa shape index (κ1) is 11.9. The van der Waals surface area contributed by atoms with Crippen molar-refractivity contribution >= 4 is 23.5 Å². The van der Waals surface area contributed by atoms with E-state index in [-0.39, 0.29) is 11.7 Å². The Morgan fingerprint density at radius 2 is 1.67 bits per heavy atom. The van der Waals surface area contributed by atoms with Crippen molar-refractivity contribution in [3.8, 4) is 0 Å². The number of carbonyl (C=O) groups is 2. The Bertz CT molecular complexity index is 560. The van der Waals surface area contributed by atoms with Gasteiger partial charge in [-0.3, -0.25) is 9.59 Å². The number of hydrogen-bond acceptors (Lipinski definition) is 2. The normalized spacial score (nSPS) is 14.2. The van der Waals surface area contributed by atoms with E-state index in [0.717, 1.165) is 5.56 Å². The van der Waals surface area contributed by atoms with Crippen LogP contribution < -0.4 is 0 Å². The van der Waals surface area contributed by atoms with Gasteiger partial charge in [0.2, 0.25) is 0 Å². The van der Waals surface area contributed by atoms with Gasteiger partial charge in [-0.15, -0.1) is 0 Å². The highest BCUT2D eigenvalue weighted by Gasteiger charge is 2.01. The van der Waals surface area contributed by atoms with E-state index in [2.05, 4.69) is 4.99 Å². The van der Waals surface area contributed by atoms with Crippen molar-refractivity contribution in [2.75, 3.05) is 0 Å². The maximum Gasteiger partial charge on any atom is 0.270 e. The number of hydrogen-bond donors (Lipinski definition) is 0. The first-order valence-electron chi connectivity index (χ1n) is 5.50. The number of rotatable bonds is 2. The largest absolute Gasteiger partial charge is 0.290 e. The van der Waals surface area contributed by atoms with Crippen molar-refractivity contribution in [3.63, 3.8) is 0 Å². The monoisotopic (exact) mass is 237 g/mol. The SMILES string of the molecule is O=C1C=CC(=NC(=O)C=Cc2ccccc2)C=C1. The van der Waals surface area contributed by atoms with Gasteiger partial charge in [0.1, 0.15) is 0 Å². The van der Waals surface area contributed by atoms with Gasteiger partial charge in [-0.1, -0.05) is 30.3 Å². The topological polar surface area (TPSA) is 46.5 Å². The Kier molecular flexibility index (Phi) is 3.76. The zero-order chi connectivity index (χ0) is 12.8. The van der Waals surface area contributed by atoms with Gasteiger partial charge in [0.15, 0.2) is 5.78 Å². The van der Waals surface area contributed by atoms with Crippen molar-refractivity contribution in [2.24, 2.45) is 4.99 Å². The lowest BCUT2D eigenvalue weighted by Crippen LogP contribution is -2.01. The first-order chi connectivity index (χ1) is 8.74. The molecule has 0 aromatic heterocycles. The maximum atomic E-state index is 11.5. The fourth-order valence-corrected chi connectivity index (χ4v) is 1.42. The Hall–Kier alpha value is -2.55. The summed E-state index contributed by atoms with van der Waals surface area (Å²) in [5, 5.41) is 0. The molecular weight excluding hydrogens is 226 g/mol. The lowest BCUT2D eigenvalue weighted by atomic mass is 10.1. The smallest absolute Gasteiger partial charge is 0.270 e. The molecule has 0 saturated carbocycles. The van der Waals surface area contributed by atoms with Crippen molar-refractivity contribution < 1.29 is 9.59 Å². The Morgan fingerprint density at radius 3 is 2.33 bits per heavy atom. The van der Waals surface area contributed by atoms with Crippen LogP contribution in [0.25, 0.3) is 6.08 Å². The predicted octanol–water partition coefficient (Wildman–Crippen LogP) is 2.36. The molecule has 1 aromatic rings. The summed E-state index contributed by atoms with van der Waals surface area (Å²) in [7, 11) is 0. The summed E-state index contributed by atoms with van der Waals surface area (Å²) in [6.45, 7) is 0. The van der Waals surface area contributed by atoms with Gasteiger partial charge < -0.3 is 0 Å². The van der Waals surface area contributed by atoms with Crippen LogP contribution in [0.1, 0.15) is 5.56 Å². The van der Waals surface area contributed by atoms with E-state index in [4.69, 9.17) is 0 Å². The first-order valence-corrected chi connectivity index (χ1v) is 5.50. The molecule has 0 N–H and O–H groups in total. The fourth-order valence-electron chi connectivity index (χ4n) is 1.42. The van der Waals surface area contributed by atoms with Gasteiger partial charge in [-0.05, 0) is 35.9 Å². The number of aliphatic imine (C=N–C) groups is 1. The van der Waals surface area contributed by atoms with E-state index < -0.39 is 0 Å². The van der Waals surface area contributed by atoms with Crippen LogP contribution in [0, 0.1) is 0 Å². The van der Waals surface area contributed by atoms with Crippen LogP contribution in [0.5, 0.6) is 0 Å². The zero-order valence-corrected chi connectivity index (χ0v) is 9.61. The van der Waals surface area contributed by atoms with Gasteiger partial charge in [-0.25, -0.2) is 4.99 Å². The summed E-state index contributed by atoms with van der Waals surface area (Å²) >= 11 is 0. The van der Waals surface area contributed by atoms with Crippen molar-refractivity contribution in [1.82, 2.24) is 0 Å². The van der Waals surface area contributed by atoms with Gasteiger partial charge >= 0.3 is 0 Å². The fraction of sp³-hybridized carbons (Fsp3) is 0. The molecule has 0 spiro atoms. The van der Waals surface area contributed by atoms with Gasteiger partial charge in [0, 0.05) is 6.08 Å². The molecule has 2 rings (SSSR count). The molecule has 18 heavy (non-hydrogen) atoms. The van der Waals surface area contributed by atoms with Gasteiger partial charge in [0.05, 0.1) is 5.71 Å². The molecule has 1 amide bonds. The second-order valence-electron chi connectivity index (χ2n) is 3.69. The van der Waals surface area contributed by atoms with E-state index >= 15 is 0 Å². The van der Waals surface area contributed by atoms with Crippen LogP contribution in [0.2, 0.25) is 0 Å². The Labute approximate surface area is 105 Å². The third-order valence-corrected chi connectivity index (χ3v) is 2.29. The molecule has 1 aromatic carbocycles. The number of ketones is 1. The van der Waals surface area contributed by atoms with Crippen LogP contribution in [-0.4, -0.2) is 17.4 Å². The average Bonchev–Trinajstić information content (AvgIpc) is 2.40. The second kappa shape index (κ2) is 5.68. The Morgan fingerprint density at radius 1 is 1.00 bits per heavy atom. The maximum absolute atomic E-state index is 11.5. The minimum atomic E-state index is -0.350. The lowest BCUT2D eigenvalue weighted by Gasteiger charge is -1.96. The minimum Gasteiger partial charge on any atom is -0.290 e. The van der Waals surface area contributed by atoms with E-state index in [0.29, 0.717) is 5.71 Å². The molecule has 0 heterocycles. The minimum absolute atomic E-state index is 0.0961. The highest BCUT2D eigenvalue weighted by Crippen LogP contribution is 2.02. The molecule has 0 unspecified atom stereocenters. The molecule has 0 fully saturated rings. The average molecular weight is 237 g/mol. The third kappa shape index (κ3) is 3.49. The van der Waals surface area contributed by atoms with Gasteiger partial charge in [-0.2, -0.15) is 0 Å². The molecule has 1 aliphatic rings. The number of allylic oxidation sites excluding steroid dienone is 4. The lowest BCUT2D eigenvalue weighted by molar-refractivity contribution is -0.113. The van der Waals surface area contributed by atoms with Crippen LogP contribution in [0.15, 0.2) is 65.7 Å². The van der Waals surface area contributed by atoms with Crippen molar-refractivity contribution in [1.29, 1.82) is 0 Å². The number of nitrogens with zero attached hydrogens (tertiary/aromatic N) is 1. The van der Waals surface area contributed by atoms with Crippen LogP contribution in [-0.2, 0) is 9.59 Å². The highest BCUT2D eigenvalue weighted by atomic mass is 16.1. The molecule has 1 aliphatic carbocycles. The van der Waals surface area contributed by atoms with E-state index in [1.54, 1.807) is 6.08 Å². The standard InChI is InChI=1S/C15H11NO2/c17-14-9-7-13(8-10-14)16-15(18)11-6-12-4-2-1-3-5-12/h1-11H. The molecule has 0 radical (unpaired) electrons. The van der Waals surface area contributed by atoms with E-state index in [9.17, 15) is 9.59 Å². The number of benzene rings is 1. The van der Waals surface area contributed by atoms with Gasteiger partial charge in [0.25, 0.3) is 5.91 Å².